The molecule has 2 aromatic rings. The van der Waals surface area contributed by atoms with Crippen molar-refractivity contribution in [1.82, 2.24) is 0 Å². The second kappa shape index (κ2) is 4.41. The average molecular weight is 334 g/mol. The zero-order chi connectivity index (χ0) is 10.1. The number of benzene rings is 1. The molecule has 0 saturated heterocycles. The van der Waals surface area contributed by atoms with Gasteiger partial charge in [-0.2, -0.15) is 0 Å². The molecule has 0 spiro atoms. The number of fused-ring (bicyclic) bond motifs is 1. The first-order valence-corrected chi connectivity index (χ1v) is 7.68. The van der Waals surface area contributed by atoms with Crippen LogP contribution in [0.5, 0.6) is 0 Å². The fourth-order valence-corrected chi connectivity index (χ4v) is 5.03. The standard InChI is InChI=1S/C11H11IS2/c1-3-7-6-8-4-5-14-10(8)11(13-2)9(7)12/h4-6H,3H2,1-2H3. The first-order chi connectivity index (χ1) is 6.77. The van der Waals surface area contributed by atoms with Gasteiger partial charge in [0.25, 0.3) is 0 Å². The Morgan fingerprint density at radius 1 is 1.50 bits per heavy atom. The Morgan fingerprint density at radius 2 is 2.29 bits per heavy atom. The second-order valence-electron chi connectivity index (χ2n) is 3.08. The molecule has 74 valence electrons. The molecular formula is C11H11IS2. The first kappa shape index (κ1) is 10.8. The van der Waals surface area contributed by atoms with E-state index in [2.05, 4.69) is 53.3 Å². The van der Waals surface area contributed by atoms with Crippen molar-refractivity contribution in [2.45, 2.75) is 18.2 Å². The minimum absolute atomic E-state index is 1.12. The van der Waals surface area contributed by atoms with Gasteiger partial charge in [0.1, 0.15) is 0 Å². The molecule has 0 amide bonds. The summed E-state index contributed by atoms with van der Waals surface area (Å²) < 4.78 is 2.88. The van der Waals surface area contributed by atoms with Crippen LogP contribution in [0.25, 0.3) is 10.1 Å². The molecule has 14 heavy (non-hydrogen) atoms. The van der Waals surface area contributed by atoms with E-state index in [0.717, 1.165) is 6.42 Å². The molecule has 0 aliphatic heterocycles. The van der Waals surface area contributed by atoms with Gasteiger partial charge in [0.2, 0.25) is 0 Å². The highest BCUT2D eigenvalue weighted by molar-refractivity contribution is 14.1. The maximum absolute atomic E-state index is 2.47. The Hall–Kier alpha value is 0.260. The minimum atomic E-state index is 1.12. The molecule has 0 aliphatic carbocycles. The summed E-state index contributed by atoms with van der Waals surface area (Å²) in [6.45, 7) is 2.22. The molecule has 1 heterocycles. The summed E-state index contributed by atoms with van der Waals surface area (Å²) in [7, 11) is 0. The van der Waals surface area contributed by atoms with Crippen LogP contribution in [0.4, 0.5) is 0 Å². The summed E-state index contributed by atoms with van der Waals surface area (Å²) in [5.41, 5.74) is 1.47. The molecule has 0 nitrogen and oxygen atoms in total. The largest absolute Gasteiger partial charge is 0.143 e. The molecule has 0 atom stereocenters. The van der Waals surface area contributed by atoms with Gasteiger partial charge >= 0.3 is 0 Å². The molecule has 0 N–H and O–H groups in total. The van der Waals surface area contributed by atoms with Crippen LogP contribution < -0.4 is 0 Å². The van der Waals surface area contributed by atoms with Crippen LogP contribution in [-0.4, -0.2) is 6.26 Å². The lowest BCUT2D eigenvalue weighted by molar-refractivity contribution is 1.12. The Bertz CT molecular complexity index is 460. The zero-order valence-electron chi connectivity index (χ0n) is 8.13. The van der Waals surface area contributed by atoms with Gasteiger partial charge in [-0.05, 0) is 63.7 Å². The van der Waals surface area contributed by atoms with Gasteiger partial charge in [-0.15, -0.1) is 23.1 Å². The SMILES string of the molecule is CCc1cc2ccsc2c(SC)c1I. The van der Waals surface area contributed by atoms with Crippen molar-refractivity contribution in [1.29, 1.82) is 0 Å². The predicted octanol–water partition coefficient (Wildman–Crippen LogP) is 4.79. The van der Waals surface area contributed by atoms with E-state index in [1.54, 1.807) is 0 Å². The van der Waals surface area contributed by atoms with Crippen LogP contribution in [0.2, 0.25) is 0 Å². The molecule has 0 aliphatic rings. The molecule has 0 bridgehead atoms. The van der Waals surface area contributed by atoms with Gasteiger partial charge in [0.05, 0.1) is 0 Å². The van der Waals surface area contributed by atoms with Crippen molar-refractivity contribution in [3.05, 3.63) is 26.6 Å². The van der Waals surface area contributed by atoms with Crippen molar-refractivity contribution in [3.8, 4) is 0 Å². The van der Waals surface area contributed by atoms with Gasteiger partial charge in [0, 0.05) is 13.2 Å². The zero-order valence-corrected chi connectivity index (χ0v) is 11.9. The Labute approximate surface area is 106 Å². The third kappa shape index (κ3) is 1.70. The van der Waals surface area contributed by atoms with E-state index in [9.17, 15) is 0 Å². The van der Waals surface area contributed by atoms with E-state index < -0.39 is 0 Å². The van der Waals surface area contributed by atoms with Crippen molar-refractivity contribution in [2.75, 3.05) is 6.26 Å². The fourth-order valence-electron chi connectivity index (χ4n) is 1.55. The number of thiophene rings is 1. The van der Waals surface area contributed by atoms with Crippen molar-refractivity contribution in [3.63, 3.8) is 0 Å². The lowest BCUT2D eigenvalue weighted by atomic mass is 10.1. The van der Waals surface area contributed by atoms with Gasteiger partial charge in [-0.1, -0.05) is 6.92 Å². The first-order valence-electron chi connectivity index (χ1n) is 4.50. The van der Waals surface area contributed by atoms with E-state index in [4.69, 9.17) is 0 Å². The number of halogens is 1. The topological polar surface area (TPSA) is 0 Å². The van der Waals surface area contributed by atoms with E-state index in [1.807, 2.05) is 23.1 Å². The normalized spacial score (nSPS) is 11.1. The second-order valence-corrected chi connectivity index (χ2v) is 5.89. The van der Waals surface area contributed by atoms with E-state index in [-0.39, 0.29) is 0 Å². The van der Waals surface area contributed by atoms with Crippen molar-refractivity contribution < 1.29 is 0 Å². The van der Waals surface area contributed by atoms with Crippen LogP contribution in [0.15, 0.2) is 22.4 Å². The Balaban J connectivity index is 2.80. The van der Waals surface area contributed by atoms with Crippen LogP contribution in [-0.2, 0) is 6.42 Å². The van der Waals surface area contributed by atoms with E-state index in [0.29, 0.717) is 0 Å². The summed E-state index contributed by atoms with van der Waals surface area (Å²) in [5, 5.41) is 3.58. The molecule has 0 unspecified atom stereocenters. The van der Waals surface area contributed by atoms with Crippen LogP contribution in [0, 0.1) is 3.57 Å². The molecule has 3 heteroatoms. The molecule has 0 saturated carbocycles. The predicted molar refractivity (Wildman–Crippen MR) is 75.7 cm³/mol. The summed E-state index contributed by atoms with van der Waals surface area (Å²) >= 11 is 6.18. The molecule has 0 radical (unpaired) electrons. The molecule has 1 aromatic heterocycles. The number of rotatable bonds is 2. The van der Waals surface area contributed by atoms with Crippen molar-refractivity contribution in [2.24, 2.45) is 0 Å². The summed E-state index contributed by atoms with van der Waals surface area (Å²) in [5.74, 6) is 0. The fraction of sp³-hybridized carbons (Fsp3) is 0.273. The highest BCUT2D eigenvalue weighted by Crippen LogP contribution is 2.36. The smallest absolute Gasteiger partial charge is 0.0489 e. The molecule has 2 rings (SSSR count). The maximum Gasteiger partial charge on any atom is 0.0489 e. The van der Waals surface area contributed by atoms with Crippen molar-refractivity contribution >= 4 is 55.8 Å². The number of hydrogen-bond acceptors (Lipinski definition) is 2. The van der Waals surface area contributed by atoms with Gasteiger partial charge < -0.3 is 0 Å². The lowest BCUT2D eigenvalue weighted by Crippen LogP contribution is -1.88. The molecule has 0 fully saturated rings. The molecular weight excluding hydrogens is 323 g/mol. The van der Waals surface area contributed by atoms with Crippen LogP contribution >= 0.6 is 45.7 Å². The number of hydrogen-bond donors (Lipinski definition) is 0. The highest BCUT2D eigenvalue weighted by Gasteiger charge is 2.10. The highest BCUT2D eigenvalue weighted by atomic mass is 127. The van der Waals surface area contributed by atoms with E-state index in [1.165, 1.54) is 24.1 Å². The Kier molecular flexibility index (Phi) is 3.39. The third-order valence-electron chi connectivity index (χ3n) is 2.30. The minimum Gasteiger partial charge on any atom is -0.143 e. The monoisotopic (exact) mass is 334 g/mol. The summed E-state index contributed by atoms with van der Waals surface area (Å²) in [6.07, 6.45) is 3.29. The van der Waals surface area contributed by atoms with Crippen LogP contribution in [0.1, 0.15) is 12.5 Å². The number of aryl methyl sites for hydroxylation is 1. The quantitative estimate of drug-likeness (QED) is 0.562. The lowest BCUT2D eigenvalue weighted by Gasteiger charge is -2.08. The third-order valence-corrected chi connectivity index (χ3v) is 5.79. The number of thioether (sulfide) groups is 1. The van der Waals surface area contributed by atoms with Crippen LogP contribution in [0.3, 0.4) is 0 Å². The van der Waals surface area contributed by atoms with Gasteiger partial charge in [-0.3, -0.25) is 0 Å². The summed E-state index contributed by atoms with van der Waals surface area (Å²) in [6, 6.07) is 4.54. The van der Waals surface area contributed by atoms with Gasteiger partial charge in [0.15, 0.2) is 0 Å². The molecule has 1 aromatic carbocycles. The summed E-state index contributed by atoms with van der Waals surface area (Å²) in [4.78, 5) is 1.45. The average Bonchev–Trinajstić information content (AvgIpc) is 2.64. The maximum atomic E-state index is 2.47. The van der Waals surface area contributed by atoms with Gasteiger partial charge in [-0.25, -0.2) is 0 Å². The van der Waals surface area contributed by atoms with E-state index >= 15 is 0 Å². The Morgan fingerprint density at radius 3 is 2.93 bits per heavy atom.